The molecule has 4 heteroatoms. The number of benzene rings is 8. The predicted octanol–water partition coefficient (Wildman–Crippen LogP) is 13.5. The van der Waals surface area contributed by atoms with Crippen LogP contribution in [0.1, 0.15) is 5.56 Å². The van der Waals surface area contributed by atoms with Gasteiger partial charge in [0, 0.05) is 38.8 Å². The highest BCUT2D eigenvalue weighted by atomic mass is 15.2. The summed E-state index contributed by atoms with van der Waals surface area (Å²) in [6.45, 7) is 4.00. The molecule has 0 aliphatic heterocycles. The molecule has 0 saturated heterocycles. The molecule has 0 fully saturated rings. The third-order valence-electron chi connectivity index (χ3n) is 11.1. The summed E-state index contributed by atoms with van der Waals surface area (Å²) >= 11 is 0. The zero-order chi connectivity index (χ0) is 37.2. The lowest BCUT2D eigenvalue weighted by Crippen LogP contribution is -2.01. The highest BCUT2D eigenvalue weighted by molar-refractivity contribution is 6.13. The molecule has 262 valence electrons. The molecule has 11 aromatic rings. The summed E-state index contributed by atoms with van der Waals surface area (Å²) in [5, 5.41) is 8.20. The Morgan fingerprint density at radius 2 is 1.14 bits per heavy atom. The van der Waals surface area contributed by atoms with Gasteiger partial charge >= 0.3 is 0 Å². The van der Waals surface area contributed by atoms with Crippen molar-refractivity contribution < 1.29 is 0 Å². The van der Waals surface area contributed by atoms with Gasteiger partial charge in [0.15, 0.2) is 0 Å². The first-order chi connectivity index (χ1) is 27.7. The molecule has 4 nitrogen and oxygen atoms in total. The maximum atomic E-state index is 5.24. The topological polar surface area (TPSA) is 35.6 Å². The SMILES string of the molecule is C=C/C=C\c1cc2c(cc1-c1ccc3c(c1)c1ccccc1n3-c1ccccc1)c1ccccc1n2-c1ncc2c(-c3ccc4ccccc4c3)cccc2n1. The lowest BCUT2D eigenvalue weighted by atomic mass is 9.95. The largest absolute Gasteiger partial charge is 0.309 e. The quantitative estimate of drug-likeness (QED) is 0.161. The van der Waals surface area contributed by atoms with Crippen molar-refractivity contribution >= 4 is 71.4 Å². The Kier molecular flexibility index (Phi) is 7.29. The van der Waals surface area contributed by atoms with E-state index in [0.717, 1.165) is 66.2 Å². The van der Waals surface area contributed by atoms with Crippen molar-refractivity contribution in [3.63, 3.8) is 0 Å². The van der Waals surface area contributed by atoms with Crippen molar-refractivity contribution in [1.82, 2.24) is 19.1 Å². The van der Waals surface area contributed by atoms with Crippen LogP contribution in [0.4, 0.5) is 0 Å². The minimum atomic E-state index is 0.640. The van der Waals surface area contributed by atoms with Gasteiger partial charge < -0.3 is 4.57 Å². The van der Waals surface area contributed by atoms with E-state index in [4.69, 9.17) is 9.97 Å². The molecule has 8 aromatic carbocycles. The van der Waals surface area contributed by atoms with Crippen LogP contribution in [-0.2, 0) is 0 Å². The van der Waals surface area contributed by atoms with Crippen molar-refractivity contribution in [2.75, 3.05) is 0 Å². The molecule has 56 heavy (non-hydrogen) atoms. The number of fused-ring (bicyclic) bond motifs is 8. The van der Waals surface area contributed by atoms with E-state index < -0.39 is 0 Å². The van der Waals surface area contributed by atoms with E-state index in [0.29, 0.717) is 5.95 Å². The molecule has 3 heterocycles. The van der Waals surface area contributed by atoms with Crippen molar-refractivity contribution in [3.8, 4) is 33.9 Å². The highest BCUT2D eigenvalue weighted by Gasteiger charge is 2.19. The molecule has 0 radical (unpaired) electrons. The second-order valence-corrected chi connectivity index (χ2v) is 14.3. The molecule has 11 rings (SSSR count). The summed E-state index contributed by atoms with van der Waals surface area (Å²) in [6, 6.07) is 60.8. The number of hydrogen-bond donors (Lipinski definition) is 0. The normalized spacial score (nSPS) is 11.9. The molecule has 0 aliphatic rings. The Balaban J connectivity index is 1.11. The minimum absolute atomic E-state index is 0.640. The number of allylic oxidation sites excluding steroid dienone is 2. The van der Waals surface area contributed by atoms with Gasteiger partial charge in [-0.25, -0.2) is 9.97 Å². The van der Waals surface area contributed by atoms with Gasteiger partial charge in [0.25, 0.3) is 0 Å². The van der Waals surface area contributed by atoms with E-state index >= 15 is 0 Å². The van der Waals surface area contributed by atoms with Crippen LogP contribution in [0.3, 0.4) is 0 Å². The van der Waals surface area contributed by atoms with Gasteiger partial charge in [-0.1, -0.05) is 134 Å². The molecule has 0 atom stereocenters. The smallest absolute Gasteiger partial charge is 0.235 e. The van der Waals surface area contributed by atoms with Crippen LogP contribution in [0.15, 0.2) is 195 Å². The van der Waals surface area contributed by atoms with Gasteiger partial charge in [0.2, 0.25) is 5.95 Å². The fourth-order valence-corrected chi connectivity index (χ4v) is 8.56. The molecule has 0 unspecified atom stereocenters. The van der Waals surface area contributed by atoms with Crippen LogP contribution in [0.25, 0.3) is 105 Å². The molecule has 0 N–H and O–H groups in total. The summed E-state index contributed by atoms with van der Waals surface area (Å²) < 4.78 is 4.57. The highest BCUT2D eigenvalue weighted by Crippen LogP contribution is 2.40. The van der Waals surface area contributed by atoms with E-state index in [-0.39, 0.29) is 0 Å². The Labute approximate surface area is 323 Å². The monoisotopic (exact) mass is 714 g/mol. The molecule has 0 aliphatic carbocycles. The molecule has 0 bridgehead atoms. The molecular formula is C52H34N4. The molecule has 0 spiro atoms. The minimum Gasteiger partial charge on any atom is -0.309 e. The zero-order valence-electron chi connectivity index (χ0n) is 30.5. The first kappa shape index (κ1) is 31.9. The van der Waals surface area contributed by atoms with Gasteiger partial charge in [-0.3, -0.25) is 4.57 Å². The van der Waals surface area contributed by atoms with Gasteiger partial charge in [-0.15, -0.1) is 0 Å². The van der Waals surface area contributed by atoms with Gasteiger partial charge in [-0.2, -0.15) is 0 Å². The van der Waals surface area contributed by atoms with Crippen LogP contribution >= 0.6 is 0 Å². The third-order valence-corrected chi connectivity index (χ3v) is 11.1. The predicted molar refractivity (Wildman–Crippen MR) is 236 cm³/mol. The van der Waals surface area contributed by atoms with Crippen LogP contribution in [0.2, 0.25) is 0 Å². The van der Waals surface area contributed by atoms with Gasteiger partial charge in [0.1, 0.15) is 0 Å². The Hall–Kier alpha value is -7.56. The zero-order valence-corrected chi connectivity index (χ0v) is 30.5. The summed E-state index contributed by atoms with van der Waals surface area (Å²) in [7, 11) is 0. The second kappa shape index (κ2) is 12.8. The van der Waals surface area contributed by atoms with Crippen LogP contribution in [0, 0.1) is 0 Å². The average molecular weight is 715 g/mol. The summed E-state index contributed by atoms with van der Waals surface area (Å²) in [4.78, 5) is 10.3. The lowest BCUT2D eigenvalue weighted by Gasteiger charge is -2.12. The first-order valence-corrected chi connectivity index (χ1v) is 18.9. The van der Waals surface area contributed by atoms with Crippen LogP contribution in [-0.4, -0.2) is 19.1 Å². The Morgan fingerprint density at radius 3 is 1.96 bits per heavy atom. The Bertz CT molecular complexity index is 3380. The third kappa shape index (κ3) is 5.00. The van der Waals surface area contributed by atoms with Crippen molar-refractivity contribution in [3.05, 3.63) is 200 Å². The average Bonchev–Trinajstić information content (AvgIpc) is 3.77. The fourth-order valence-electron chi connectivity index (χ4n) is 8.56. The van der Waals surface area contributed by atoms with Gasteiger partial charge in [0.05, 0.1) is 27.6 Å². The summed E-state index contributed by atoms with van der Waals surface area (Å²) in [5.41, 5.74) is 12.2. The number of rotatable bonds is 6. The first-order valence-electron chi connectivity index (χ1n) is 18.9. The Morgan fingerprint density at radius 1 is 0.464 bits per heavy atom. The van der Waals surface area contributed by atoms with E-state index in [1.54, 1.807) is 0 Å². The maximum absolute atomic E-state index is 5.24. The lowest BCUT2D eigenvalue weighted by molar-refractivity contribution is 1.01. The number of para-hydroxylation sites is 3. The molecule has 0 amide bonds. The maximum Gasteiger partial charge on any atom is 0.235 e. The number of nitrogens with zero attached hydrogens (tertiary/aromatic N) is 4. The molecule has 0 saturated carbocycles. The number of hydrogen-bond acceptors (Lipinski definition) is 2. The second-order valence-electron chi connectivity index (χ2n) is 14.3. The van der Waals surface area contributed by atoms with E-state index in [2.05, 4.69) is 192 Å². The van der Waals surface area contributed by atoms with E-state index in [1.165, 1.54) is 32.6 Å². The van der Waals surface area contributed by atoms with Crippen molar-refractivity contribution in [1.29, 1.82) is 0 Å². The van der Waals surface area contributed by atoms with E-state index in [1.807, 2.05) is 18.3 Å². The number of aromatic nitrogens is 4. The summed E-state index contributed by atoms with van der Waals surface area (Å²) in [6.07, 6.45) is 7.98. The molecule has 3 aromatic heterocycles. The van der Waals surface area contributed by atoms with Gasteiger partial charge in [-0.05, 0) is 99.3 Å². The van der Waals surface area contributed by atoms with E-state index in [9.17, 15) is 0 Å². The fraction of sp³-hybridized carbons (Fsp3) is 0. The van der Waals surface area contributed by atoms with Crippen LogP contribution in [0.5, 0.6) is 0 Å². The standard InChI is InChI=1S/C52H34N4/c1-2-3-14-36-31-51-45(32-43(36)38-27-28-50-44(30-38)41-19-9-11-23-48(41)55(50)39-17-5-4-6-18-39)42-20-10-12-24-49(42)56(51)52-53-33-46-40(21-13-22-47(46)54-52)37-26-25-34-15-7-8-16-35(34)29-37/h2-33H,1H2/b14-3-. The summed E-state index contributed by atoms with van der Waals surface area (Å²) in [5.74, 6) is 0.640. The molecular weight excluding hydrogens is 681 g/mol. The van der Waals surface area contributed by atoms with Crippen molar-refractivity contribution in [2.45, 2.75) is 0 Å². The van der Waals surface area contributed by atoms with Crippen molar-refractivity contribution in [2.24, 2.45) is 0 Å². The van der Waals surface area contributed by atoms with Crippen LogP contribution < -0.4 is 0 Å².